The molecule has 0 spiro atoms. The van der Waals surface area contributed by atoms with Crippen LogP contribution in [0.2, 0.25) is 5.02 Å². The molecule has 1 N–H and O–H groups in total. The van der Waals surface area contributed by atoms with Crippen molar-refractivity contribution in [1.82, 2.24) is 0 Å². The molecule has 1 aliphatic heterocycles. The molecule has 138 valence electrons. The van der Waals surface area contributed by atoms with Gasteiger partial charge < -0.3 is 14.8 Å². The van der Waals surface area contributed by atoms with E-state index < -0.39 is 0 Å². The van der Waals surface area contributed by atoms with Crippen LogP contribution in [0.1, 0.15) is 26.3 Å². The molecule has 1 aliphatic rings. The Morgan fingerprint density at radius 2 is 1.89 bits per heavy atom. The van der Waals surface area contributed by atoms with Gasteiger partial charge in [-0.05, 0) is 50.4 Å². The number of hydrogen-bond donors (Lipinski definition) is 1. The minimum absolute atomic E-state index is 0.00202. The SMILES string of the molecule is CCOc1cc(C2=Nc3cccc4cccc(c34)N2)cc(Cl)c1OC(C)C. The van der Waals surface area contributed by atoms with Gasteiger partial charge in [0.1, 0.15) is 5.84 Å². The summed E-state index contributed by atoms with van der Waals surface area (Å²) >= 11 is 6.53. The van der Waals surface area contributed by atoms with Crippen LogP contribution in [0.15, 0.2) is 53.5 Å². The first-order valence-electron chi connectivity index (χ1n) is 9.07. The number of hydrogen-bond acceptors (Lipinski definition) is 4. The lowest BCUT2D eigenvalue weighted by Crippen LogP contribution is -2.17. The number of amidine groups is 1. The van der Waals surface area contributed by atoms with E-state index in [2.05, 4.69) is 23.5 Å². The molecule has 0 bridgehead atoms. The van der Waals surface area contributed by atoms with Crippen molar-refractivity contribution in [3.63, 3.8) is 0 Å². The molecular weight excluding hydrogens is 360 g/mol. The number of halogens is 1. The maximum Gasteiger partial charge on any atom is 0.180 e. The maximum absolute atomic E-state index is 6.53. The predicted octanol–water partition coefficient (Wildman–Crippen LogP) is 6.18. The Morgan fingerprint density at radius 1 is 1.11 bits per heavy atom. The lowest BCUT2D eigenvalue weighted by atomic mass is 10.0. The first-order valence-corrected chi connectivity index (χ1v) is 9.45. The predicted molar refractivity (Wildman–Crippen MR) is 112 cm³/mol. The van der Waals surface area contributed by atoms with Gasteiger partial charge in [-0.2, -0.15) is 0 Å². The van der Waals surface area contributed by atoms with Crippen LogP contribution in [0, 0.1) is 0 Å². The van der Waals surface area contributed by atoms with E-state index in [1.54, 1.807) is 0 Å². The smallest absolute Gasteiger partial charge is 0.180 e. The fourth-order valence-electron chi connectivity index (χ4n) is 3.25. The van der Waals surface area contributed by atoms with Crippen molar-refractivity contribution >= 4 is 39.6 Å². The van der Waals surface area contributed by atoms with E-state index >= 15 is 0 Å². The van der Waals surface area contributed by atoms with Crippen molar-refractivity contribution in [2.45, 2.75) is 26.9 Å². The second-order valence-corrected chi connectivity index (χ2v) is 7.06. The van der Waals surface area contributed by atoms with E-state index in [0.29, 0.717) is 23.1 Å². The van der Waals surface area contributed by atoms with E-state index in [-0.39, 0.29) is 6.10 Å². The average molecular weight is 381 g/mol. The van der Waals surface area contributed by atoms with Gasteiger partial charge in [0.05, 0.1) is 23.4 Å². The number of nitrogens with one attached hydrogen (secondary N) is 1. The summed E-state index contributed by atoms with van der Waals surface area (Å²) in [6.45, 7) is 6.39. The largest absolute Gasteiger partial charge is 0.490 e. The standard InChI is InChI=1S/C22H21ClN2O2/c1-4-26-19-12-15(11-16(23)21(19)27-13(2)3)22-24-17-9-5-7-14-8-6-10-18(25-22)20(14)17/h5-13H,4H2,1-3H3,(H,24,25). The highest BCUT2D eigenvalue weighted by Gasteiger charge is 2.20. The third-order valence-corrected chi connectivity index (χ3v) is 4.59. The lowest BCUT2D eigenvalue weighted by molar-refractivity contribution is 0.224. The molecule has 4 rings (SSSR count). The zero-order chi connectivity index (χ0) is 19.0. The van der Waals surface area contributed by atoms with Gasteiger partial charge in [-0.3, -0.25) is 0 Å². The molecule has 4 nitrogen and oxygen atoms in total. The average Bonchev–Trinajstić information content (AvgIpc) is 2.64. The molecule has 0 amide bonds. The van der Waals surface area contributed by atoms with Crippen LogP contribution in [0.5, 0.6) is 11.5 Å². The lowest BCUT2D eigenvalue weighted by Gasteiger charge is -2.21. The fourth-order valence-corrected chi connectivity index (χ4v) is 3.50. The molecule has 0 unspecified atom stereocenters. The van der Waals surface area contributed by atoms with Crippen LogP contribution in [-0.4, -0.2) is 18.5 Å². The molecular formula is C22H21ClN2O2. The molecule has 5 heteroatoms. The summed E-state index contributed by atoms with van der Waals surface area (Å²) in [4.78, 5) is 4.82. The molecule has 0 atom stereocenters. The summed E-state index contributed by atoms with van der Waals surface area (Å²) in [5.41, 5.74) is 2.82. The summed E-state index contributed by atoms with van der Waals surface area (Å²) in [6, 6.07) is 16.1. The Bertz CT molecular complexity index is 1040. The van der Waals surface area contributed by atoms with Crippen molar-refractivity contribution in [2.75, 3.05) is 11.9 Å². The van der Waals surface area contributed by atoms with Crippen molar-refractivity contribution in [3.05, 3.63) is 59.1 Å². The second-order valence-electron chi connectivity index (χ2n) is 6.65. The molecule has 27 heavy (non-hydrogen) atoms. The summed E-state index contributed by atoms with van der Waals surface area (Å²) in [5.74, 6) is 1.92. The highest BCUT2D eigenvalue weighted by atomic mass is 35.5. The van der Waals surface area contributed by atoms with Gasteiger partial charge >= 0.3 is 0 Å². The molecule has 0 aliphatic carbocycles. The molecule has 0 saturated carbocycles. The first kappa shape index (κ1) is 17.7. The van der Waals surface area contributed by atoms with Crippen LogP contribution in [0.4, 0.5) is 11.4 Å². The zero-order valence-electron chi connectivity index (χ0n) is 15.5. The van der Waals surface area contributed by atoms with E-state index in [9.17, 15) is 0 Å². The zero-order valence-corrected chi connectivity index (χ0v) is 16.3. The molecule has 1 heterocycles. The summed E-state index contributed by atoms with van der Waals surface area (Å²) in [7, 11) is 0. The number of nitrogens with zero attached hydrogens (tertiary/aromatic N) is 1. The molecule has 0 saturated heterocycles. The fraction of sp³-hybridized carbons (Fsp3) is 0.227. The molecule has 3 aromatic rings. The van der Waals surface area contributed by atoms with Crippen LogP contribution in [-0.2, 0) is 0 Å². The van der Waals surface area contributed by atoms with Gasteiger partial charge in [0.2, 0.25) is 0 Å². The third kappa shape index (κ3) is 3.33. The van der Waals surface area contributed by atoms with Gasteiger partial charge in [0.15, 0.2) is 11.5 Å². The first-order chi connectivity index (χ1) is 13.1. The quantitative estimate of drug-likeness (QED) is 0.574. The van der Waals surface area contributed by atoms with E-state index in [4.69, 9.17) is 26.1 Å². The van der Waals surface area contributed by atoms with E-state index in [1.165, 1.54) is 0 Å². The Balaban J connectivity index is 1.82. The Labute approximate surface area is 163 Å². The number of rotatable bonds is 5. The number of benzene rings is 3. The normalized spacial score (nSPS) is 12.7. The Morgan fingerprint density at radius 3 is 2.63 bits per heavy atom. The Kier molecular flexibility index (Phi) is 4.66. The minimum Gasteiger partial charge on any atom is -0.490 e. The highest BCUT2D eigenvalue weighted by molar-refractivity contribution is 6.33. The van der Waals surface area contributed by atoms with Gasteiger partial charge in [0, 0.05) is 16.6 Å². The van der Waals surface area contributed by atoms with E-state index in [0.717, 1.165) is 33.5 Å². The monoisotopic (exact) mass is 380 g/mol. The van der Waals surface area contributed by atoms with Crippen molar-refractivity contribution in [3.8, 4) is 11.5 Å². The maximum atomic E-state index is 6.53. The van der Waals surface area contributed by atoms with Gasteiger partial charge in [-0.15, -0.1) is 0 Å². The van der Waals surface area contributed by atoms with Crippen LogP contribution in [0.3, 0.4) is 0 Å². The molecule has 0 fully saturated rings. The topological polar surface area (TPSA) is 42.8 Å². The van der Waals surface area contributed by atoms with E-state index in [1.807, 2.05) is 51.1 Å². The molecule has 3 aromatic carbocycles. The third-order valence-electron chi connectivity index (χ3n) is 4.30. The van der Waals surface area contributed by atoms with Gasteiger partial charge in [0.25, 0.3) is 0 Å². The number of aliphatic imine (C=N–C) groups is 1. The Hall–Kier alpha value is -2.72. The van der Waals surface area contributed by atoms with Crippen molar-refractivity contribution < 1.29 is 9.47 Å². The number of anilines is 1. The van der Waals surface area contributed by atoms with Crippen molar-refractivity contribution in [1.29, 1.82) is 0 Å². The molecule has 0 radical (unpaired) electrons. The van der Waals surface area contributed by atoms with Crippen LogP contribution in [0.25, 0.3) is 10.8 Å². The van der Waals surface area contributed by atoms with Gasteiger partial charge in [-0.25, -0.2) is 4.99 Å². The highest BCUT2D eigenvalue weighted by Crippen LogP contribution is 2.40. The second kappa shape index (κ2) is 7.12. The summed E-state index contributed by atoms with van der Waals surface area (Å²) in [6.07, 6.45) is 0.00202. The van der Waals surface area contributed by atoms with Crippen molar-refractivity contribution in [2.24, 2.45) is 4.99 Å². The van der Waals surface area contributed by atoms with Crippen LogP contribution < -0.4 is 14.8 Å². The summed E-state index contributed by atoms with van der Waals surface area (Å²) in [5, 5.41) is 6.22. The molecule has 0 aromatic heterocycles. The number of ether oxygens (including phenoxy) is 2. The van der Waals surface area contributed by atoms with Gasteiger partial charge in [-0.1, -0.05) is 35.9 Å². The van der Waals surface area contributed by atoms with Crippen LogP contribution >= 0.6 is 11.6 Å². The minimum atomic E-state index is 0.00202. The summed E-state index contributed by atoms with van der Waals surface area (Å²) < 4.78 is 11.6.